The molecular formula is C127H90Ir2N4-2. The Labute approximate surface area is 805 Å². The van der Waals surface area contributed by atoms with Crippen molar-refractivity contribution in [1.82, 2.24) is 9.97 Å². The molecule has 133 heavy (non-hydrogen) atoms. The van der Waals surface area contributed by atoms with Crippen molar-refractivity contribution in [3.8, 4) is 112 Å². The second-order valence-electron chi connectivity index (χ2n) is 32.5. The van der Waals surface area contributed by atoms with Gasteiger partial charge in [0, 0.05) is 86.1 Å². The number of hydrogen-bond donors (Lipinski definition) is 0. The molecule has 0 unspecified atom stereocenters. The quantitative estimate of drug-likeness (QED) is 0.0713. The zero-order chi connectivity index (χ0) is 87.9. The monoisotopic (exact) mass is 2060 g/mol. The van der Waals surface area contributed by atoms with Crippen LogP contribution in [0, 0.1) is 19.1 Å². The van der Waals surface area contributed by atoms with Gasteiger partial charge >= 0.3 is 0 Å². The van der Waals surface area contributed by atoms with E-state index in [0.29, 0.717) is 0 Å². The van der Waals surface area contributed by atoms with E-state index in [1.807, 2.05) is 79.0 Å². The van der Waals surface area contributed by atoms with Gasteiger partial charge in [0.2, 0.25) is 0 Å². The van der Waals surface area contributed by atoms with Gasteiger partial charge in [0.1, 0.15) is 0 Å². The van der Waals surface area contributed by atoms with Crippen LogP contribution in [-0.2, 0) is 40.2 Å². The fraction of sp³-hybridized carbons (Fsp3) is 0.00787. The number of aromatic nitrogens is 2. The summed E-state index contributed by atoms with van der Waals surface area (Å²) in [7, 11) is 0. The van der Waals surface area contributed by atoms with Gasteiger partial charge < -0.3 is 19.8 Å². The number of hydrogen-bond acceptors (Lipinski definition) is 4. The summed E-state index contributed by atoms with van der Waals surface area (Å²) >= 11 is 0. The molecule has 6 heteroatoms. The molecule has 0 atom stereocenters. The van der Waals surface area contributed by atoms with Crippen molar-refractivity contribution in [3.05, 3.63) is 546 Å². The zero-order valence-electron chi connectivity index (χ0n) is 73.2. The molecule has 21 aromatic carbocycles. The SMILES string of the molecule is Cc1cccnc1-c1[c-]cccc1.[Ir].[Ir].[c-]1ccc(-c2ccccc2)cc1-c1ccccn1.c1ccc(-c2cc3c4cc(-c5ccccc5)c(-c5ccccc5)cc4c4cc(-c5ccccc5)c(-c5ccccc5)cc4c3cc2-c2ccccc2)cc1.c1ccc(N(c2ccc(-c3ccc(N(c4ccccc4)c4cccc5ccccc45)cc3)cc2)c2cccc3ccccc23)cc1. The molecule has 23 aromatic rings. The average molecular weight is 2060 g/mol. The number of nitrogens with zero attached hydrogens (tertiary/aromatic N) is 4. The Kier molecular flexibility index (Phi) is 27.5. The van der Waals surface area contributed by atoms with Gasteiger partial charge in [-0.2, -0.15) is 0 Å². The number of pyridine rings is 2. The van der Waals surface area contributed by atoms with E-state index in [1.54, 1.807) is 6.20 Å². The molecule has 0 saturated carbocycles. The number of aryl methyl sites for hydroxylation is 1. The smallest absolute Gasteiger partial charge is 0.0540 e. The van der Waals surface area contributed by atoms with E-state index < -0.39 is 0 Å². The number of benzene rings is 21. The number of anilines is 6. The van der Waals surface area contributed by atoms with Crippen molar-refractivity contribution in [2.75, 3.05) is 9.80 Å². The van der Waals surface area contributed by atoms with E-state index >= 15 is 0 Å². The summed E-state index contributed by atoms with van der Waals surface area (Å²) in [6, 6.07) is 190. The van der Waals surface area contributed by atoms with Gasteiger partial charge in [0.05, 0.1) is 11.4 Å². The third kappa shape index (κ3) is 19.4. The number of rotatable bonds is 16. The average Bonchev–Trinajstić information content (AvgIpc) is 0.712. The fourth-order valence-corrected chi connectivity index (χ4v) is 18.0. The Bertz CT molecular complexity index is 7040. The van der Waals surface area contributed by atoms with Crippen LogP contribution in [0.15, 0.2) is 528 Å². The molecule has 0 amide bonds. The molecule has 2 radical (unpaired) electrons. The topological polar surface area (TPSA) is 32.3 Å². The number of para-hydroxylation sites is 2. The standard InChI is InChI=1S/C54H36.C44H32N2.C17H12N.C12H10N.2Ir/c1-7-19-37(20-8-1)43-31-49-50(32-44(43)38-21-9-2-10-22-38)52-34-46(40-25-13-4-14-26-40)48(42-29-17-6-18-30-42)36-54(52)53-35-47(41-27-15-5-16-28-41)45(33-51(49)53)39-23-11-3-12-24-39;1-3-17-37(18-4-1)45(43-23-11-15-35-13-7-9-21-41(35)43)39-29-25-33(26-30-39)34-27-31-40(32-28-34)46(38-19-5-2-6-20-38)44-24-12-16-36-14-8-10-22-42(36)44;1-2-7-14(8-3-1)15-9-6-10-16(13-15)17-11-4-5-12-18-17;1-10-6-5-9-13-12(10)11-7-3-2-4-8-11;;/h1-36H;1-32H;1-9,11-13H;2-7,9H,1H3;;/q;;2*-1;;. The summed E-state index contributed by atoms with van der Waals surface area (Å²) in [6.45, 7) is 2.06. The Morgan fingerprint density at radius 1 is 0.195 bits per heavy atom. The van der Waals surface area contributed by atoms with E-state index in [4.69, 9.17) is 0 Å². The molecule has 0 aliphatic carbocycles. The summed E-state index contributed by atoms with van der Waals surface area (Å²) in [6.07, 6.45) is 3.61. The van der Waals surface area contributed by atoms with Gasteiger partial charge in [-0.15, -0.1) is 71.3 Å². The van der Waals surface area contributed by atoms with Crippen LogP contribution in [0.3, 0.4) is 0 Å². The maximum Gasteiger partial charge on any atom is 0.0540 e. The molecule has 23 rings (SSSR count). The van der Waals surface area contributed by atoms with Crippen molar-refractivity contribution >= 4 is 88.0 Å². The molecule has 0 bridgehead atoms. The maximum absolute atomic E-state index is 4.35. The largest absolute Gasteiger partial charge is 0.310 e. The van der Waals surface area contributed by atoms with Gasteiger partial charge in [0.15, 0.2) is 0 Å². The van der Waals surface area contributed by atoms with Crippen LogP contribution >= 0.6 is 0 Å². The minimum absolute atomic E-state index is 0. The summed E-state index contributed by atoms with van der Waals surface area (Å²) in [4.78, 5) is 13.4. The molecule has 0 saturated heterocycles. The molecule has 0 spiro atoms. The Balaban J connectivity index is 0.000000134. The Morgan fingerprint density at radius 3 is 0.842 bits per heavy atom. The van der Waals surface area contributed by atoms with Crippen molar-refractivity contribution in [1.29, 1.82) is 0 Å². The number of fused-ring (bicyclic) bond motifs is 8. The maximum atomic E-state index is 4.35. The Morgan fingerprint density at radius 2 is 0.496 bits per heavy atom. The van der Waals surface area contributed by atoms with E-state index in [0.717, 1.165) is 56.6 Å². The van der Waals surface area contributed by atoms with Gasteiger partial charge in [0.25, 0.3) is 0 Å². The van der Waals surface area contributed by atoms with Gasteiger partial charge in [-0.25, -0.2) is 0 Å². The molecule has 2 heterocycles. The van der Waals surface area contributed by atoms with Crippen LogP contribution in [-0.4, -0.2) is 9.97 Å². The molecule has 638 valence electrons. The van der Waals surface area contributed by atoms with Crippen LogP contribution in [0.4, 0.5) is 34.1 Å². The molecule has 0 fully saturated rings. The molecule has 0 aliphatic rings. The summed E-state index contributed by atoms with van der Waals surface area (Å²) < 4.78 is 0. The van der Waals surface area contributed by atoms with E-state index in [1.165, 1.54) is 148 Å². The van der Waals surface area contributed by atoms with Crippen molar-refractivity contribution in [3.63, 3.8) is 0 Å². The summed E-state index contributed by atoms with van der Waals surface area (Å²) in [5, 5.41) is 12.4. The molecule has 0 aliphatic heterocycles. The van der Waals surface area contributed by atoms with E-state index in [2.05, 4.69) is 482 Å². The predicted octanol–water partition coefficient (Wildman–Crippen LogP) is 34.8. The first-order valence-electron chi connectivity index (χ1n) is 44.6. The van der Waals surface area contributed by atoms with Gasteiger partial charge in [-0.05, 0) is 254 Å². The van der Waals surface area contributed by atoms with Crippen molar-refractivity contribution in [2.45, 2.75) is 6.92 Å². The third-order valence-electron chi connectivity index (χ3n) is 24.3. The van der Waals surface area contributed by atoms with Crippen LogP contribution in [0.25, 0.3) is 165 Å². The normalized spacial score (nSPS) is 10.8. The van der Waals surface area contributed by atoms with Gasteiger partial charge in [-0.3, -0.25) is 0 Å². The van der Waals surface area contributed by atoms with Crippen LogP contribution in [0.5, 0.6) is 0 Å². The summed E-state index contributed by atoms with van der Waals surface area (Å²) in [5.74, 6) is 0. The zero-order valence-corrected chi connectivity index (χ0v) is 78.0. The molecular weight excluding hydrogens is 1970 g/mol. The van der Waals surface area contributed by atoms with E-state index in [-0.39, 0.29) is 40.2 Å². The van der Waals surface area contributed by atoms with E-state index in [9.17, 15) is 0 Å². The minimum atomic E-state index is 0. The van der Waals surface area contributed by atoms with Crippen LogP contribution in [0.1, 0.15) is 5.56 Å². The predicted molar refractivity (Wildman–Crippen MR) is 555 cm³/mol. The minimum Gasteiger partial charge on any atom is -0.310 e. The first-order valence-corrected chi connectivity index (χ1v) is 44.6. The molecule has 0 N–H and O–H groups in total. The van der Waals surface area contributed by atoms with Crippen molar-refractivity contribution in [2.24, 2.45) is 0 Å². The molecule has 2 aromatic heterocycles. The van der Waals surface area contributed by atoms with Crippen LogP contribution < -0.4 is 9.80 Å². The Hall–Kier alpha value is -15.9. The first kappa shape index (κ1) is 87.8. The van der Waals surface area contributed by atoms with Crippen LogP contribution in [0.2, 0.25) is 0 Å². The summed E-state index contributed by atoms with van der Waals surface area (Å²) in [5.41, 5.74) is 31.4. The second kappa shape index (κ2) is 41.7. The third-order valence-corrected chi connectivity index (χ3v) is 24.3. The fourth-order valence-electron chi connectivity index (χ4n) is 18.0. The first-order chi connectivity index (χ1) is 64.9. The van der Waals surface area contributed by atoms with Gasteiger partial charge in [-0.1, -0.05) is 370 Å². The second-order valence-corrected chi connectivity index (χ2v) is 32.5. The van der Waals surface area contributed by atoms with Crippen molar-refractivity contribution < 1.29 is 40.2 Å². The molecule has 4 nitrogen and oxygen atoms in total.